The topological polar surface area (TPSA) is 24.8 Å². The van der Waals surface area contributed by atoms with E-state index in [1.165, 1.54) is 0 Å². The van der Waals surface area contributed by atoms with E-state index in [1.54, 1.807) is 7.11 Å². The second kappa shape index (κ2) is 7.27. The predicted octanol–water partition coefficient (Wildman–Crippen LogP) is 4.87. The molecule has 0 aliphatic rings. The molecule has 3 heteroatoms. The van der Waals surface area contributed by atoms with Gasteiger partial charge in [-0.05, 0) is 54.1 Å². The summed E-state index contributed by atoms with van der Waals surface area (Å²) in [5.41, 5.74) is 3.05. The van der Waals surface area contributed by atoms with Gasteiger partial charge in [-0.3, -0.25) is 0 Å². The number of hydrazone groups is 1. The Morgan fingerprint density at radius 2 is 1.26 bits per heavy atom. The Bertz CT molecular complexity index is 713. The summed E-state index contributed by atoms with van der Waals surface area (Å²) in [5.74, 6) is 0.838. The number of benzene rings is 3. The normalized spacial score (nSPS) is 10.7. The summed E-state index contributed by atoms with van der Waals surface area (Å²) in [6, 6.07) is 28.0. The largest absolute Gasteiger partial charge is 0.497 e. The van der Waals surface area contributed by atoms with Crippen LogP contribution in [0, 0.1) is 0 Å². The van der Waals surface area contributed by atoms with Crippen molar-refractivity contribution in [2.24, 2.45) is 5.10 Å². The van der Waals surface area contributed by atoms with Gasteiger partial charge in [-0.2, -0.15) is 5.10 Å². The fraction of sp³-hybridized carbons (Fsp3) is 0.0500. The lowest BCUT2D eigenvalue weighted by Crippen LogP contribution is -2.09. The van der Waals surface area contributed by atoms with Gasteiger partial charge < -0.3 is 4.74 Å². The van der Waals surface area contributed by atoms with Crippen molar-refractivity contribution in [3.8, 4) is 5.75 Å². The first kappa shape index (κ1) is 14.9. The summed E-state index contributed by atoms with van der Waals surface area (Å²) in [4.78, 5) is 0. The first-order chi connectivity index (χ1) is 11.4. The molecule has 0 radical (unpaired) electrons. The molecule has 0 unspecified atom stereocenters. The molecule has 3 rings (SSSR count). The average Bonchev–Trinajstić information content (AvgIpc) is 2.64. The van der Waals surface area contributed by atoms with Crippen LogP contribution in [-0.2, 0) is 0 Å². The van der Waals surface area contributed by atoms with Crippen LogP contribution in [-0.4, -0.2) is 13.3 Å². The molecule has 0 N–H and O–H groups in total. The summed E-state index contributed by atoms with van der Waals surface area (Å²) in [6.45, 7) is 0. The molecule has 0 aliphatic carbocycles. The van der Waals surface area contributed by atoms with Crippen LogP contribution >= 0.6 is 0 Å². The van der Waals surface area contributed by atoms with E-state index >= 15 is 0 Å². The Kier molecular flexibility index (Phi) is 4.69. The molecule has 3 aromatic rings. The van der Waals surface area contributed by atoms with Crippen molar-refractivity contribution in [3.05, 3.63) is 90.5 Å². The highest BCUT2D eigenvalue weighted by atomic mass is 16.5. The van der Waals surface area contributed by atoms with E-state index in [0.29, 0.717) is 0 Å². The highest BCUT2D eigenvalue weighted by Crippen LogP contribution is 2.25. The molecule has 0 aromatic heterocycles. The average molecular weight is 302 g/mol. The van der Waals surface area contributed by atoms with Crippen molar-refractivity contribution in [1.82, 2.24) is 0 Å². The van der Waals surface area contributed by atoms with Crippen LogP contribution in [0.2, 0.25) is 0 Å². The fourth-order valence-electron chi connectivity index (χ4n) is 2.24. The maximum absolute atomic E-state index is 5.18. The number of anilines is 2. The minimum Gasteiger partial charge on any atom is -0.497 e. The quantitative estimate of drug-likeness (QED) is 0.496. The molecule has 0 saturated carbocycles. The lowest BCUT2D eigenvalue weighted by Gasteiger charge is -2.19. The summed E-state index contributed by atoms with van der Waals surface area (Å²) in [6.07, 6.45) is 1.85. The monoisotopic (exact) mass is 302 g/mol. The van der Waals surface area contributed by atoms with Crippen LogP contribution in [0.25, 0.3) is 0 Å². The molecule has 0 spiro atoms. The van der Waals surface area contributed by atoms with Gasteiger partial charge in [0.2, 0.25) is 0 Å². The second-order valence-electron chi connectivity index (χ2n) is 5.00. The number of para-hydroxylation sites is 2. The van der Waals surface area contributed by atoms with E-state index in [-0.39, 0.29) is 0 Å². The highest BCUT2D eigenvalue weighted by molar-refractivity contribution is 5.81. The van der Waals surface area contributed by atoms with Gasteiger partial charge in [0.05, 0.1) is 24.7 Å². The van der Waals surface area contributed by atoms with E-state index in [1.807, 2.05) is 96.2 Å². The molecule has 0 fully saturated rings. The van der Waals surface area contributed by atoms with E-state index in [0.717, 1.165) is 22.7 Å². The molecule has 0 atom stereocenters. The first-order valence-corrected chi connectivity index (χ1v) is 7.45. The molecule has 3 nitrogen and oxygen atoms in total. The van der Waals surface area contributed by atoms with Crippen molar-refractivity contribution in [3.63, 3.8) is 0 Å². The molecule has 0 heterocycles. The van der Waals surface area contributed by atoms with Gasteiger partial charge >= 0.3 is 0 Å². The highest BCUT2D eigenvalue weighted by Gasteiger charge is 2.06. The van der Waals surface area contributed by atoms with E-state index in [4.69, 9.17) is 4.74 Å². The molecule has 0 amide bonds. The molecular formula is C20H18N2O. The maximum atomic E-state index is 5.18. The number of hydrogen-bond donors (Lipinski definition) is 0. The van der Waals surface area contributed by atoms with Gasteiger partial charge in [-0.15, -0.1) is 0 Å². The Morgan fingerprint density at radius 1 is 0.739 bits per heavy atom. The van der Waals surface area contributed by atoms with E-state index < -0.39 is 0 Å². The van der Waals surface area contributed by atoms with Gasteiger partial charge in [-0.1, -0.05) is 36.4 Å². The summed E-state index contributed by atoms with van der Waals surface area (Å²) in [7, 11) is 1.66. The summed E-state index contributed by atoms with van der Waals surface area (Å²) >= 11 is 0. The SMILES string of the molecule is COc1ccc(/C=N\N(c2ccccc2)c2ccccc2)cc1. The van der Waals surface area contributed by atoms with E-state index in [9.17, 15) is 0 Å². The predicted molar refractivity (Wildman–Crippen MR) is 95.6 cm³/mol. The maximum Gasteiger partial charge on any atom is 0.118 e. The zero-order valence-electron chi connectivity index (χ0n) is 13.0. The van der Waals surface area contributed by atoms with Crippen molar-refractivity contribution >= 4 is 17.6 Å². The smallest absolute Gasteiger partial charge is 0.118 e. The number of nitrogens with zero attached hydrogens (tertiary/aromatic N) is 2. The molecule has 23 heavy (non-hydrogen) atoms. The Labute approximate surface area is 136 Å². The lowest BCUT2D eigenvalue weighted by molar-refractivity contribution is 0.415. The number of methoxy groups -OCH3 is 1. The second-order valence-corrected chi connectivity index (χ2v) is 5.00. The third-order valence-electron chi connectivity index (χ3n) is 3.44. The van der Waals surface area contributed by atoms with Gasteiger partial charge in [-0.25, -0.2) is 5.01 Å². The van der Waals surface area contributed by atoms with Crippen LogP contribution in [0.5, 0.6) is 5.75 Å². The van der Waals surface area contributed by atoms with Crippen LogP contribution in [0.3, 0.4) is 0 Å². The van der Waals surface area contributed by atoms with Crippen LogP contribution in [0.15, 0.2) is 90.0 Å². The molecule has 0 saturated heterocycles. The Balaban J connectivity index is 1.91. The number of ether oxygens (including phenoxy) is 1. The minimum atomic E-state index is 0.838. The summed E-state index contributed by atoms with van der Waals surface area (Å²) < 4.78 is 5.18. The first-order valence-electron chi connectivity index (χ1n) is 7.45. The van der Waals surface area contributed by atoms with Gasteiger partial charge in [0.1, 0.15) is 5.75 Å². The lowest BCUT2D eigenvalue weighted by atomic mass is 10.2. The van der Waals surface area contributed by atoms with Crippen LogP contribution in [0.4, 0.5) is 11.4 Å². The Morgan fingerprint density at radius 3 is 1.74 bits per heavy atom. The molecule has 114 valence electrons. The standard InChI is InChI=1S/C20H18N2O/c1-23-20-14-12-17(13-15-20)16-21-22(18-8-4-2-5-9-18)19-10-6-3-7-11-19/h2-16H,1H3/b21-16-. The fourth-order valence-corrected chi connectivity index (χ4v) is 2.24. The number of hydrogen-bond acceptors (Lipinski definition) is 3. The van der Waals surface area contributed by atoms with Gasteiger partial charge in [0.25, 0.3) is 0 Å². The third kappa shape index (κ3) is 3.77. The zero-order valence-corrected chi connectivity index (χ0v) is 13.0. The van der Waals surface area contributed by atoms with E-state index in [2.05, 4.69) is 5.10 Å². The van der Waals surface area contributed by atoms with Crippen molar-refractivity contribution in [2.75, 3.05) is 12.1 Å². The van der Waals surface area contributed by atoms with Crippen LogP contribution < -0.4 is 9.75 Å². The van der Waals surface area contributed by atoms with Gasteiger partial charge in [0, 0.05) is 0 Å². The summed E-state index contributed by atoms with van der Waals surface area (Å²) in [5, 5.41) is 6.58. The number of rotatable bonds is 5. The Hall–Kier alpha value is -3.07. The van der Waals surface area contributed by atoms with Crippen molar-refractivity contribution < 1.29 is 4.74 Å². The minimum absolute atomic E-state index is 0.838. The van der Waals surface area contributed by atoms with Crippen molar-refractivity contribution in [1.29, 1.82) is 0 Å². The zero-order chi connectivity index (χ0) is 15.9. The molecule has 0 bridgehead atoms. The van der Waals surface area contributed by atoms with Crippen molar-refractivity contribution in [2.45, 2.75) is 0 Å². The molecular weight excluding hydrogens is 284 g/mol. The molecule has 0 aliphatic heterocycles. The van der Waals surface area contributed by atoms with Gasteiger partial charge in [0.15, 0.2) is 0 Å². The molecule has 3 aromatic carbocycles. The van der Waals surface area contributed by atoms with Crippen LogP contribution in [0.1, 0.15) is 5.56 Å². The third-order valence-corrected chi connectivity index (χ3v) is 3.44.